The van der Waals surface area contributed by atoms with Crippen LogP contribution in [0, 0.1) is 0 Å². The van der Waals surface area contributed by atoms with Gasteiger partial charge >= 0.3 is 0 Å². The van der Waals surface area contributed by atoms with Crippen LogP contribution >= 0.6 is 0 Å². The second kappa shape index (κ2) is 7.02. The number of hydrogen-bond donors (Lipinski definition) is 2. The number of nitrogens with zero attached hydrogens (tertiary/aromatic N) is 4. The molecule has 0 radical (unpaired) electrons. The molecule has 0 fully saturated rings. The summed E-state index contributed by atoms with van der Waals surface area (Å²) >= 11 is 0. The van der Waals surface area contributed by atoms with Crippen molar-refractivity contribution in [3.8, 4) is 5.69 Å². The van der Waals surface area contributed by atoms with Crippen LogP contribution in [0.15, 0.2) is 64.9 Å². The van der Waals surface area contributed by atoms with Gasteiger partial charge in [0.2, 0.25) is 0 Å². The van der Waals surface area contributed by atoms with Crippen LogP contribution < -0.4 is 11.1 Å². The van der Waals surface area contributed by atoms with Crippen molar-refractivity contribution < 1.29 is 18.0 Å². The molecule has 2 aromatic rings. The molecule has 0 saturated carbocycles. The predicted octanol–water partition coefficient (Wildman–Crippen LogP) is 0.407. The third kappa shape index (κ3) is 3.80. The Balaban J connectivity index is 1.52. The summed E-state index contributed by atoms with van der Waals surface area (Å²) in [6, 6.07) is 8.24. The first kappa shape index (κ1) is 18.6. The second-order valence-corrected chi connectivity index (χ2v) is 8.08. The van der Waals surface area contributed by atoms with Gasteiger partial charge in [-0.25, -0.2) is 13.1 Å². The van der Waals surface area contributed by atoms with Gasteiger partial charge < -0.3 is 16.0 Å². The van der Waals surface area contributed by atoms with E-state index in [2.05, 4.69) is 14.8 Å². The van der Waals surface area contributed by atoms with Crippen LogP contribution in [0.2, 0.25) is 0 Å². The molecule has 29 heavy (non-hydrogen) atoms. The number of nitrogens with one attached hydrogen (secondary N) is 1. The number of benzene rings is 1. The maximum atomic E-state index is 12.7. The lowest BCUT2D eigenvalue weighted by atomic mass is 10.1. The quantitative estimate of drug-likeness (QED) is 0.745. The van der Waals surface area contributed by atoms with Crippen LogP contribution in [0.1, 0.15) is 10.5 Å². The summed E-state index contributed by atoms with van der Waals surface area (Å²) in [6.45, 7) is 0.244. The van der Waals surface area contributed by atoms with Gasteiger partial charge in [-0.3, -0.25) is 9.59 Å². The second-order valence-electron chi connectivity index (χ2n) is 6.33. The fourth-order valence-electron chi connectivity index (χ4n) is 2.89. The van der Waals surface area contributed by atoms with Gasteiger partial charge in [0.25, 0.3) is 21.8 Å². The van der Waals surface area contributed by atoms with Crippen LogP contribution in [0.4, 0.5) is 5.69 Å². The van der Waals surface area contributed by atoms with E-state index in [-0.39, 0.29) is 29.4 Å². The molecule has 148 valence electrons. The summed E-state index contributed by atoms with van der Waals surface area (Å²) in [5.74, 6) is -1.08. The Morgan fingerprint density at radius 2 is 1.90 bits per heavy atom. The molecule has 0 bridgehead atoms. The summed E-state index contributed by atoms with van der Waals surface area (Å²) in [7, 11) is -3.58. The van der Waals surface area contributed by atoms with E-state index in [1.54, 1.807) is 47.6 Å². The highest BCUT2D eigenvalue weighted by molar-refractivity contribution is 7.90. The molecule has 1 aromatic heterocycles. The van der Waals surface area contributed by atoms with Crippen molar-refractivity contribution in [1.82, 2.24) is 14.7 Å². The lowest BCUT2D eigenvalue weighted by molar-refractivity contribution is -0.112. The highest BCUT2D eigenvalue weighted by atomic mass is 32.2. The van der Waals surface area contributed by atoms with Crippen LogP contribution in [0.5, 0.6) is 0 Å². The number of carbonyl (C=O) groups excluding carboxylic acids is 2. The van der Waals surface area contributed by atoms with Gasteiger partial charge in [-0.15, -0.1) is 4.40 Å². The summed E-state index contributed by atoms with van der Waals surface area (Å²) in [5.41, 5.74) is 6.68. The molecule has 4 rings (SSSR count). The maximum Gasteiger partial charge on any atom is 0.269 e. The molecule has 0 atom stereocenters. The van der Waals surface area contributed by atoms with E-state index in [4.69, 9.17) is 5.73 Å². The van der Waals surface area contributed by atoms with E-state index in [0.29, 0.717) is 11.4 Å². The number of sulfonamides is 1. The summed E-state index contributed by atoms with van der Waals surface area (Å²) in [6.07, 6.45) is 6.48. The van der Waals surface area contributed by atoms with E-state index in [0.717, 1.165) is 0 Å². The average molecular weight is 412 g/mol. The molecule has 11 heteroatoms. The minimum absolute atomic E-state index is 0.0951. The number of allylic oxidation sites excluding steroid dienone is 2. The van der Waals surface area contributed by atoms with E-state index < -0.39 is 21.8 Å². The lowest BCUT2D eigenvalue weighted by Crippen LogP contribution is -2.40. The van der Waals surface area contributed by atoms with Crippen molar-refractivity contribution in [2.45, 2.75) is 0 Å². The van der Waals surface area contributed by atoms with Gasteiger partial charge in [0.05, 0.1) is 17.0 Å². The molecule has 0 aliphatic carbocycles. The Bertz CT molecular complexity index is 1190. The van der Waals surface area contributed by atoms with Gasteiger partial charge in [-0.05, 0) is 42.5 Å². The summed E-state index contributed by atoms with van der Waals surface area (Å²) < 4.78 is 28.8. The monoisotopic (exact) mass is 412 g/mol. The van der Waals surface area contributed by atoms with Crippen molar-refractivity contribution in [3.05, 3.63) is 66.1 Å². The number of aromatic nitrogens is 2. The zero-order valence-electron chi connectivity index (χ0n) is 15.0. The van der Waals surface area contributed by atoms with Gasteiger partial charge in [0, 0.05) is 24.6 Å². The third-order valence-corrected chi connectivity index (χ3v) is 5.48. The number of primary amides is 1. The van der Waals surface area contributed by atoms with Crippen molar-refractivity contribution in [2.24, 2.45) is 10.1 Å². The lowest BCUT2D eigenvalue weighted by Gasteiger charge is -2.28. The number of amidine groups is 1. The molecule has 3 heterocycles. The molecule has 0 spiro atoms. The molecular weight excluding hydrogens is 396 g/mol. The van der Waals surface area contributed by atoms with Crippen molar-refractivity contribution in [2.75, 3.05) is 17.6 Å². The predicted molar refractivity (Wildman–Crippen MR) is 106 cm³/mol. The molecule has 2 aliphatic heterocycles. The Morgan fingerprint density at radius 1 is 1.14 bits per heavy atom. The Labute approximate surface area is 166 Å². The minimum atomic E-state index is -3.58. The van der Waals surface area contributed by atoms with E-state index >= 15 is 0 Å². The Kier molecular flexibility index (Phi) is 4.51. The summed E-state index contributed by atoms with van der Waals surface area (Å²) in [4.78, 5) is 25.5. The highest BCUT2D eigenvalue weighted by Gasteiger charge is 2.29. The largest absolute Gasteiger partial charge is 0.364 e. The normalized spacial score (nSPS) is 17.2. The third-order valence-electron chi connectivity index (χ3n) is 4.33. The van der Waals surface area contributed by atoms with E-state index in [1.165, 1.54) is 16.8 Å². The Morgan fingerprint density at radius 3 is 2.59 bits per heavy atom. The number of nitrogens with two attached hydrogens (primary N) is 1. The molecule has 10 nitrogen and oxygen atoms in total. The van der Waals surface area contributed by atoms with Crippen molar-refractivity contribution >= 4 is 33.4 Å². The van der Waals surface area contributed by atoms with Crippen molar-refractivity contribution in [1.29, 1.82) is 0 Å². The molecule has 2 amide bonds. The fraction of sp³-hybridized carbons (Fsp3) is 0.111. The first-order valence-corrected chi connectivity index (χ1v) is 10.2. The fourth-order valence-corrected chi connectivity index (χ4v) is 3.87. The first-order chi connectivity index (χ1) is 13.8. The van der Waals surface area contributed by atoms with Crippen LogP contribution in [-0.2, 0) is 14.8 Å². The first-order valence-electron chi connectivity index (χ1n) is 8.58. The zero-order valence-corrected chi connectivity index (χ0v) is 15.8. The molecule has 0 unspecified atom stereocenters. The molecule has 0 saturated heterocycles. The SMILES string of the molecule is NC(=O)c1ccn(-c2ccc(NC(=O)C3=CC=CN4CCS(=O)(=O)N=C34)cc2)n1. The number of carbonyl (C=O) groups is 2. The van der Waals surface area contributed by atoms with Crippen LogP contribution in [0.3, 0.4) is 0 Å². The molecular formula is C18H16N6O4S. The minimum Gasteiger partial charge on any atom is -0.364 e. The number of amides is 2. The maximum absolute atomic E-state index is 12.7. The number of rotatable bonds is 4. The Hall–Kier alpha value is -3.73. The van der Waals surface area contributed by atoms with Gasteiger partial charge in [-0.2, -0.15) is 5.10 Å². The number of anilines is 1. The average Bonchev–Trinajstić information content (AvgIpc) is 3.18. The van der Waals surface area contributed by atoms with Gasteiger partial charge in [-0.1, -0.05) is 0 Å². The summed E-state index contributed by atoms with van der Waals surface area (Å²) in [5, 5.41) is 6.79. The topological polar surface area (TPSA) is 140 Å². The number of fused-ring (bicyclic) bond motifs is 1. The zero-order chi connectivity index (χ0) is 20.6. The molecule has 1 aromatic carbocycles. The standard InChI is InChI=1S/C18H16N6O4S/c19-16(25)15-7-9-24(21-15)13-5-3-12(4-6-13)20-18(26)14-2-1-8-23-10-11-29(27,28)22-17(14)23/h1-9H,10-11H2,(H2,19,25)(H,20,26). The van der Waals surface area contributed by atoms with E-state index in [9.17, 15) is 18.0 Å². The van der Waals surface area contributed by atoms with Crippen molar-refractivity contribution in [3.63, 3.8) is 0 Å². The highest BCUT2D eigenvalue weighted by Crippen LogP contribution is 2.20. The van der Waals surface area contributed by atoms with Gasteiger partial charge in [0.1, 0.15) is 5.69 Å². The smallest absolute Gasteiger partial charge is 0.269 e. The van der Waals surface area contributed by atoms with E-state index in [1.807, 2.05) is 0 Å². The van der Waals surface area contributed by atoms with Crippen LogP contribution in [-0.4, -0.2) is 53.0 Å². The molecule has 3 N–H and O–H groups in total. The van der Waals surface area contributed by atoms with Gasteiger partial charge in [0.15, 0.2) is 5.84 Å². The number of hydrogen-bond acceptors (Lipinski definition) is 6. The van der Waals surface area contributed by atoms with Crippen LogP contribution in [0.25, 0.3) is 5.69 Å². The molecule has 2 aliphatic rings.